The molecule has 0 saturated carbocycles. The number of fused-ring (bicyclic) bond motifs is 2. The molecule has 5 rings (SSSR count). The van der Waals surface area contributed by atoms with Crippen molar-refractivity contribution < 1.29 is 0 Å². The standard InChI is InChI=1S/C18H19N7S/c1-19-18-22-16(24-8-4-5-9-24)15-17(23-18)25(11-20-15)10-14-21-12-6-2-3-7-13(12)26-14/h2-3,6-7,11H,4-5,8-10H2,1H3,(H,19,22,23). The average molecular weight is 365 g/mol. The summed E-state index contributed by atoms with van der Waals surface area (Å²) >= 11 is 1.71. The van der Waals surface area contributed by atoms with Gasteiger partial charge in [-0.25, -0.2) is 9.97 Å². The van der Waals surface area contributed by atoms with Crippen molar-refractivity contribution in [2.75, 3.05) is 30.4 Å². The molecule has 4 heterocycles. The van der Waals surface area contributed by atoms with Gasteiger partial charge in [0.25, 0.3) is 0 Å². The maximum absolute atomic E-state index is 4.74. The summed E-state index contributed by atoms with van der Waals surface area (Å²) in [4.78, 5) is 21.0. The van der Waals surface area contributed by atoms with Crippen LogP contribution in [0.5, 0.6) is 0 Å². The number of para-hydroxylation sites is 1. The van der Waals surface area contributed by atoms with E-state index in [9.17, 15) is 0 Å². The van der Waals surface area contributed by atoms with Crippen molar-refractivity contribution in [3.8, 4) is 0 Å². The lowest BCUT2D eigenvalue weighted by atomic mass is 10.3. The van der Waals surface area contributed by atoms with Crippen molar-refractivity contribution in [1.29, 1.82) is 0 Å². The van der Waals surface area contributed by atoms with Gasteiger partial charge in [-0.3, -0.25) is 0 Å². The van der Waals surface area contributed by atoms with E-state index in [0.29, 0.717) is 12.5 Å². The topological polar surface area (TPSA) is 71.8 Å². The molecule has 1 saturated heterocycles. The Morgan fingerprint density at radius 3 is 2.77 bits per heavy atom. The first-order valence-corrected chi connectivity index (χ1v) is 9.63. The number of imidazole rings is 1. The number of anilines is 2. The van der Waals surface area contributed by atoms with Gasteiger partial charge in [0.1, 0.15) is 5.01 Å². The second kappa shape index (κ2) is 6.21. The van der Waals surface area contributed by atoms with Gasteiger partial charge in [-0.05, 0) is 25.0 Å². The highest BCUT2D eigenvalue weighted by molar-refractivity contribution is 7.18. The van der Waals surface area contributed by atoms with Crippen LogP contribution in [0.3, 0.4) is 0 Å². The van der Waals surface area contributed by atoms with Crippen LogP contribution in [0.2, 0.25) is 0 Å². The van der Waals surface area contributed by atoms with Gasteiger partial charge >= 0.3 is 0 Å². The monoisotopic (exact) mass is 365 g/mol. The average Bonchev–Trinajstić information content (AvgIpc) is 3.40. The highest BCUT2D eigenvalue weighted by atomic mass is 32.1. The third-order valence-electron chi connectivity index (χ3n) is 4.72. The van der Waals surface area contributed by atoms with Gasteiger partial charge in [0.15, 0.2) is 17.0 Å². The zero-order valence-electron chi connectivity index (χ0n) is 14.5. The predicted octanol–water partition coefficient (Wildman–Crippen LogP) is 3.13. The van der Waals surface area contributed by atoms with Crippen LogP contribution in [0.15, 0.2) is 30.6 Å². The molecule has 3 aromatic heterocycles. The molecule has 0 bridgehead atoms. The van der Waals surface area contributed by atoms with E-state index in [-0.39, 0.29) is 0 Å². The van der Waals surface area contributed by atoms with Gasteiger partial charge in [0.2, 0.25) is 5.95 Å². The van der Waals surface area contributed by atoms with E-state index in [0.717, 1.165) is 40.6 Å². The number of thiazole rings is 1. The normalized spacial score (nSPS) is 14.6. The summed E-state index contributed by atoms with van der Waals surface area (Å²) in [7, 11) is 1.85. The molecule has 0 spiro atoms. The zero-order chi connectivity index (χ0) is 17.5. The van der Waals surface area contributed by atoms with Crippen LogP contribution in [0.4, 0.5) is 11.8 Å². The number of aromatic nitrogens is 5. The maximum atomic E-state index is 4.74. The molecule has 1 aliphatic rings. The molecule has 8 heteroatoms. The lowest BCUT2D eigenvalue weighted by molar-refractivity contribution is 0.808. The van der Waals surface area contributed by atoms with E-state index >= 15 is 0 Å². The lowest BCUT2D eigenvalue weighted by Gasteiger charge is -2.17. The third kappa shape index (κ3) is 2.57. The minimum Gasteiger partial charge on any atom is -0.357 e. The largest absolute Gasteiger partial charge is 0.357 e. The lowest BCUT2D eigenvalue weighted by Crippen LogP contribution is -2.20. The molecule has 0 amide bonds. The maximum Gasteiger partial charge on any atom is 0.226 e. The van der Waals surface area contributed by atoms with Crippen molar-refractivity contribution in [3.63, 3.8) is 0 Å². The fraction of sp³-hybridized carbons (Fsp3) is 0.333. The van der Waals surface area contributed by atoms with Crippen molar-refractivity contribution in [3.05, 3.63) is 35.6 Å². The summed E-state index contributed by atoms with van der Waals surface area (Å²) in [5.41, 5.74) is 2.76. The molecule has 0 unspecified atom stereocenters. The van der Waals surface area contributed by atoms with Gasteiger partial charge in [-0.2, -0.15) is 9.97 Å². The fourth-order valence-corrected chi connectivity index (χ4v) is 4.41. The Balaban J connectivity index is 1.58. The van der Waals surface area contributed by atoms with Crippen molar-refractivity contribution in [2.45, 2.75) is 19.4 Å². The van der Waals surface area contributed by atoms with Crippen LogP contribution in [-0.4, -0.2) is 44.6 Å². The van der Waals surface area contributed by atoms with Crippen LogP contribution in [0, 0.1) is 0 Å². The summed E-state index contributed by atoms with van der Waals surface area (Å²) in [6.07, 6.45) is 4.25. The van der Waals surface area contributed by atoms with Crippen molar-refractivity contribution in [1.82, 2.24) is 24.5 Å². The highest BCUT2D eigenvalue weighted by Crippen LogP contribution is 2.28. The van der Waals surface area contributed by atoms with E-state index in [2.05, 4.69) is 35.8 Å². The molecule has 1 aliphatic heterocycles. The molecule has 4 aromatic rings. The Morgan fingerprint density at radius 2 is 1.96 bits per heavy atom. The molecule has 1 fully saturated rings. The molecular weight excluding hydrogens is 346 g/mol. The van der Waals surface area contributed by atoms with Gasteiger partial charge in [0, 0.05) is 20.1 Å². The van der Waals surface area contributed by atoms with E-state index in [1.54, 1.807) is 11.3 Å². The van der Waals surface area contributed by atoms with Gasteiger partial charge in [-0.15, -0.1) is 11.3 Å². The number of nitrogens with zero attached hydrogens (tertiary/aromatic N) is 6. The number of rotatable bonds is 4. The molecule has 26 heavy (non-hydrogen) atoms. The first kappa shape index (κ1) is 15.5. The zero-order valence-corrected chi connectivity index (χ0v) is 15.3. The summed E-state index contributed by atoms with van der Waals surface area (Å²) in [6.45, 7) is 2.72. The predicted molar refractivity (Wildman–Crippen MR) is 105 cm³/mol. The SMILES string of the molecule is CNc1nc(N2CCCC2)c2ncn(Cc3nc4ccccc4s3)c2n1. The van der Waals surface area contributed by atoms with E-state index in [1.807, 2.05) is 31.6 Å². The molecule has 0 radical (unpaired) electrons. The Morgan fingerprint density at radius 1 is 1.12 bits per heavy atom. The second-order valence-corrected chi connectivity index (χ2v) is 7.55. The Hall–Kier alpha value is -2.74. The van der Waals surface area contributed by atoms with Crippen molar-refractivity contribution in [2.24, 2.45) is 0 Å². The van der Waals surface area contributed by atoms with Gasteiger partial charge < -0.3 is 14.8 Å². The molecule has 7 nitrogen and oxygen atoms in total. The van der Waals surface area contributed by atoms with Crippen LogP contribution >= 0.6 is 11.3 Å². The number of hydrogen-bond acceptors (Lipinski definition) is 7. The van der Waals surface area contributed by atoms with E-state index < -0.39 is 0 Å². The van der Waals surface area contributed by atoms with Crippen LogP contribution in [0.1, 0.15) is 17.8 Å². The number of hydrogen-bond donors (Lipinski definition) is 1. The Kier molecular flexibility index (Phi) is 3.70. The second-order valence-electron chi connectivity index (χ2n) is 6.43. The first-order valence-electron chi connectivity index (χ1n) is 8.82. The van der Waals surface area contributed by atoms with Crippen LogP contribution < -0.4 is 10.2 Å². The van der Waals surface area contributed by atoms with E-state index in [4.69, 9.17) is 4.98 Å². The smallest absolute Gasteiger partial charge is 0.226 e. The molecule has 0 atom stereocenters. The van der Waals surface area contributed by atoms with Gasteiger partial charge in [0.05, 0.1) is 23.1 Å². The Labute approximate surface area is 154 Å². The molecule has 1 N–H and O–H groups in total. The molecule has 0 aliphatic carbocycles. The summed E-state index contributed by atoms with van der Waals surface area (Å²) < 4.78 is 3.27. The van der Waals surface area contributed by atoms with E-state index in [1.165, 1.54) is 17.5 Å². The fourth-order valence-electron chi connectivity index (χ4n) is 3.44. The van der Waals surface area contributed by atoms with Crippen LogP contribution in [0.25, 0.3) is 21.4 Å². The number of nitrogens with one attached hydrogen (secondary N) is 1. The summed E-state index contributed by atoms with van der Waals surface area (Å²) in [5, 5.41) is 4.14. The van der Waals surface area contributed by atoms with Crippen molar-refractivity contribution >= 4 is 44.5 Å². The summed E-state index contributed by atoms with van der Waals surface area (Å²) in [6, 6.07) is 8.22. The summed E-state index contributed by atoms with van der Waals surface area (Å²) in [5.74, 6) is 1.56. The molecule has 1 aromatic carbocycles. The number of benzene rings is 1. The quantitative estimate of drug-likeness (QED) is 0.599. The minimum absolute atomic E-state index is 0.630. The minimum atomic E-state index is 0.630. The highest BCUT2D eigenvalue weighted by Gasteiger charge is 2.21. The first-order chi connectivity index (χ1) is 12.8. The van der Waals surface area contributed by atoms with Gasteiger partial charge in [-0.1, -0.05) is 12.1 Å². The molecule has 132 valence electrons. The third-order valence-corrected chi connectivity index (χ3v) is 5.74. The van der Waals surface area contributed by atoms with Crippen LogP contribution in [-0.2, 0) is 6.54 Å². The Bertz CT molecular complexity index is 1040. The molecular formula is C18H19N7S.